The summed E-state index contributed by atoms with van der Waals surface area (Å²) >= 11 is 12.5. The first-order chi connectivity index (χ1) is 12.6. The number of nitrogens with zero attached hydrogens (tertiary/aromatic N) is 1. The first-order valence-electron chi connectivity index (χ1n) is 7.03. The van der Waals surface area contributed by atoms with Crippen molar-refractivity contribution in [2.24, 2.45) is 0 Å². The van der Waals surface area contributed by atoms with Crippen LogP contribution in [0.1, 0.15) is 0 Å². The van der Waals surface area contributed by atoms with Crippen molar-refractivity contribution in [1.82, 2.24) is 4.98 Å². The van der Waals surface area contributed by atoms with Gasteiger partial charge in [0.15, 0.2) is 10.9 Å². The van der Waals surface area contributed by atoms with Gasteiger partial charge in [0, 0.05) is 11.8 Å². The van der Waals surface area contributed by atoms with Crippen molar-refractivity contribution in [3.8, 4) is 11.5 Å². The molecule has 12 heteroatoms. The number of alkyl halides is 3. The van der Waals surface area contributed by atoms with Gasteiger partial charge in [-0.2, -0.15) is 0 Å². The van der Waals surface area contributed by atoms with E-state index in [-0.39, 0.29) is 32.4 Å². The van der Waals surface area contributed by atoms with Gasteiger partial charge < -0.3 is 15.2 Å². The maximum atomic E-state index is 12.3. The maximum absolute atomic E-state index is 12.3. The molecule has 1 aromatic heterocycles. The van der Waals surface area contributed by atoms with Crippen LogP contribution in [0.4, 0.5) is 28.8 Å². The van der Waals surface area contributed by atoms with Crippen molar-refractivity contribution in [2.75, 3.05) is 10.6 Å². The van der Waals surface area contributed by atoms with Gasteiger partial charge >= 0.3 is 12.4 Å². The topological polar surface area (TPSA) is 83.5 Å². The smallest absolute Gasteiger partial charge is 0.505 e. The van der Waals surface area contributed by atoms with Gasteiger partial charge in [0.2, 0.25) is 0 Å². The van der Waals surface area contributed by atoms with E-state index in [1.807, 2.05) is 0 Å². The number of anilines is 2. The molecule has 3 N–H and O–H groups in total. The van der Waals surface area contributed by atoms with Crippen molar-refractivity contribution < 1.29 is 27.8 Å². The fourth-order valence-corrected chi connectivity index (χ4v) is 3.43. The number of hydrogen-bond acceptors (Lipinski definition) is 5. The predicted molar refractivity (Wildman–Crippen MR) is 97.1 cm³/mol. The van der Waals surface area contributed by atoms with Crippen LogP contribution in [0, 0.1) is 0 Å². The van der Waals surface area contributed by atoms with E-state index < -0.39 is 12.4 Å². The number of ether oxygens (including phenoxy) is 1. The molecule has 0 aliphatic heterocycles. The lowest BCUT2D eigenvalue weighted by atomic mass is 10.3. The van der Waals surface area contributed by atoms with E-state index in [1.54, 1.807) is 0 Å². The van der Waals surface area contributed by atoms with E-state index in [1.165, 1.54) is 24.3 Å². The number of carbonyl (C=O) groups excluding carboxylic acids is 1. The molecular weight excluding hydrogens is 430 g/mol. The van der Waals surface area contributed by atoms with Crippen LogP contribution in [-0.2, 0) is 0 Å². The number of nitrogens with one attached hydrogen (secondary N) is 2. The van der Waals surface area contributed by atoms with Crippen molar-refractivity contribution >= 4 is 61.6 Å². The van der Waals surface area contributed by atoms with E-state index in [0.717, 1.165) is 17.4 Å². The molecule has 0 aliphatic carbocycles. The van der Waals surface area contributed by atoms with Crippen LogP contribution in [-0.4, -0.2) is 22.5 Å². The highest BCUT2D eigenvalue weighted by atomic mass is 35.5. The number of phenolic OH excluding ortho intramolecular Hbond substituents is 1. The van der Waals surface area contributed by atoms with Gasteiger partial charge in [0.25, 0.3) is 0 Å². The Morgan fingerprint density at radius 3 is 2.44 bits per heavy atom. The molecule has 3 rings (SSSR count). The largest absolute Gasteiger partial charge is 0.573 e. The number of thiazole rings is 1. The van der Waals surface area contributed by atoms with Crippen LogP contribution < -0.4 is 15.4 Å². The van der Waals surface area contributed by atoms with Gasteiger partial charge in [-0.25, -0.2) is 9.78 Å². The zero-order chi connectivity index (χ0) is 19.8. The van der Waals surface area contributed by atoms with Gasteiger partial charge in [-0.05, 0) is 24.3 Å². The minimum absolute atomic E-state index is 0.0463. The third-order valence-electron chi connectivity index (χ3n) is 3.09. The van der Waals surface area contributed by atoms with E-state index in [4.69, 9.17) is 23.2 Å². The average Bonchev–Trinajstić information content (AvgIpc) is 2.92. The summed E-state index contributed by atoms with van der Waals surface area (Å²) in [5.74, 6) is -0.699. The van der Waals surface area contributed by atoms with Gasteiger partial charge in [0.1, 0.15) is 5.75 Å². The fraction of sp³-hybridized carbons (Fsp3) is 0.0667. The van der Waals surface area contributed by atoms with Crippen molar-refractivity contribution in [1.29, 1.82) is 0 Å². The fourth-order valence-electron chi connectivity index (χ4n) is 2.05. The Balaban J connectivity index is 1.73. The standard InChI is InChI=1S/C15H8Cl2F3N3O3S/c16-8-3-6(4-9(17)12(8)24)21-13(25)23-14-22-10-2-1-7(5-11(10)27-14)26-15(18,19)20/h1-5,24H,(H2,21,22,23,25). The molecule has 2 amide bonds. The second kappa shape index (κ2) is 7.29. The molecule has 0 aliphatic rings. The van der Waals surface area contributed by atoms with Gasteiger partial charge in [-0.1, -0.05) is 34.5 Å². The number of carbonyl (C=O) groups is 1. The van der Waals surface area contributed by atoms with Crippen LogP contribution in [0.3, 0.4) is 0 Å². The number of aromatic hydroxyl groups is 1. The van der Waals surface area contributed by atoms with Crippen molar-refractivity contribution in [2.45, 2.75) is 6.36 Å². The number of aromatic nitrogens is 1. The first-order valence-corrected chi connectivity index (χ1v) is 8.60. The van der Waals surface area contributed by atoms with Crippen LogP contribution in [0.2, 0.25) is 10.0 Å². The lowest BCUT2D eigenvalue weighted by Gasteiger charge is -2.07. The van der Waals surface area contributed by atoms with E-state index in [9.17, 15) is 23.1 Å². The normalized spacial score (nSPS) is 11.4. The quantitative estimate of drug-likeness (QED) is 0.448. The molecule has 0 saturated carbocycles. The Morgan fingerprint density at radius 1 is 1.15 bits per heavy atom. The number of hydrogen-bond donors (Lipinski definition) is 3. The minimum atomic E-state index is -4.80. The van der Waals surface area contributed by atoms with Gasteiger partial charge in [0.05, 0.1) is 20.3 Å². The minimum Gasteiger partial charge on any atom is -0.505 e. The average molecular weight is 438 g/mol. The van der Waals surface area contributed by atoms with Crippen molar-refractivity contribution in [3.05, 3.63) is 40.4 Å². The zero-order valence-electron chi connectivity index (χ0n) is 12.9. The summed E-state index contributed by atoms with van der Waals surface area (Å²) in [6, 6.07) is 5.54. The second-order valence-corrected chi connectivity index (χ2v) is 6.91. The highest BCUT2D eigenvalue weighted by molar-refractivity contribution is 7.22. The highest BCUT2D eigenvalue weighted by Gasteiger charge is 2.31. The van der Waals surface area contributed by atoms with E-state index in [2.05, 4.69) is 20.4 Å². The third kappa shape index (κ3) is 4.85. The molecule has 0 fully saturated rings. The monoisotopic (exact) mass is 437 g/mol. The Labute approximate surface area is 163 Å². The Kier molecular flexibility index (Phi) is 5.22. The lowest BCUT2D eigenvalue weighted by Crippen LogP contribution is -2.19. The van der Waals surface area contributed by atoms with E-state index >= 15 is 0 Å². The number of phenols is 1. The first kappa shape index (κ1) is 19.3. The molecule has 3 aromatic rings. The molecule has 0 unspecified atom stereocenters. The Hall–Kier alpha value is -2.43. The molecule has 1 heterocycles. The molecular formula is C15H8Cl2F3N3O3S. The molecule has 0 saturated heterocycles. The van der Waals surface area contributed by atoms with E-state index in [0.29, 0.717) is 10.2 Å². The summed E-state index contributed by atoms with van der Waals surface area (Å²) in [7, 11) is 0. The summed E-state index contributed by atoms with van der Waals surface area (Å²) in [6.07, 6.45) is -4.80. The van der Waals surface area contributed by atoms with Crippen LogP contribution in [0.25, 0.3) is 10.2 Å². The second-order valence-electron chi connectivity index (χ2n) is 5.06. The molecule has 27 heavy (non-hydrogen) atoms. The van der Waals surface area contributed by atoms with Crippen LogP contribution >= 0.6 is 34.5 Å². The summed E-state index contributed by atoms with van der Waals surface area (Å²) < 4.78 is 41.1. The van der Waals surface area contributed by atoms with Gasteiger partial charge in [-0.15, -0.1) is 13.2 Å². The molecule has 6 nitrogen and oxygen atoms in total. The predicted octanol–water partition coefficient (Wildman–Crippen LogP) is 5.85. The summed E-state index contributed by atoms with van der Waals surface area (Å²) in [5.41, 5.74) is 0.614. The zero-order valence-corrected chi connectivity index (χ0v) is 15.2. The number of rotatable bonds is 3. The number of halogens is 5. The third-order valence-corrected chi connectivity index (χ3v) is 4.60. The molecule has 0 spiro atoms. The summed E-state index contributed by atoms with van der Waals surface area (Å²) in [5, 5.41) is 14.5. The number of amides is 2. The number of urea groups is 1. The summed E-state index contributed by atoms with van der Waals surface area (Å²) in [6.45, 7) is 0. The Bertz CT molecular complexity index is 1000. The maximum Gasteiger partial charge on any atom is 0.573 e. The molecule has 0 radical (unpaired) electrons. The number of fused-ring (bicyclic) bond motifs is 1. The van der Waals surface area contributed by atoms with Crippen LogP contribution in [0.5, 0.6) is 11.5 Å². The molecule has 2 aromatic carbocycles. The van der Waals surface area contributed by atoms with Crippen molar-refractivity contribution in [3.63, 3.8) is 0 Å². The number of benzene rings is 2. The van der Waals surface area contributed by atoms with Crippen LogP contribution in [0.15, 0.2) is 30.3 Å². The highest BCUT2D eigenvalue weighted by Crippen LogP contribution is 2.35. The molecule has 142 valence electrons. The summed E-state index contributed by atoms with van der Waals surface area (Å²) in [4.78, 5) is 16.1. The molecule has 0 atom stereocenters. The lowest BCUT2D eigenvalue weighted by molar-refractivity contribution is -0.274. The SMILES string of the molecule is O=C(Nc1cc(Cl)c(O)c(Cl)c1)Nc1nc2ccc(OC(F)(F)F)cc2s1. The Morgan fingerprint density at radius 2 is 1.81 bits per heavy atom. The molecule has 0 bridgehead atoms. The van der Waals surface area contributed by atoms with Gasteiger partial charge in [-0.3, -0.25) is 5.32 Å².